The number of fused-ring (bicyclic) bond motifs is 1. The summed E-state index contributed by atoms with van der Waals surface area (Å²) in [5, 5.41) is 10.9. The first-order valence-corrected chi connectivity index (χ1v) is 7.42. The van der Waals surface area contributed by atoms with Crippen LogP contribution in [-0.4, -0.2) is 30.5 Å². The van der Waals surface area contributed by atoms with Gasteiger partial charge in [0.25, 0.3) is 5.91 Å². The number of anilines is 1. The summed E-state index contributed by atoms with van der Waals surface area (Å²) in [5.41, 5.74) is 2.94. The van der Waals surface area contributed by atoms with Crippen LogP contribution < -0.4 is 5.32 Å². The van der Waals surface area contributed by atoms with Crippen molar-refractivity contribution < 1.29 is 4.79 Å². The summed E-state index contributed by atoms with van der Waals surface area (Å²) in [6, 6.07) is 3.83. The van der Waals surface area contributed by atoms with E-state index in [0.717, 1.165) is 11.3 Å². The third kappa shape index (κ3) is 2.90. The predicted molar refractivity (Wildman–Crippen MR) is 86.5 cm³/mol. The molecule has 0 atom stereocenters. The first-order chi connectivity index (χ1) is 11.0. The van der Waals surface area contributed by atoms with Gasteiger partial charge in [0.2, 0.25) is 5.95 Å². The normalized spacial score (nSPS) is 11.2. The van der Waals surface area contributed by atoms with Crippen LogP contribution >= 0.6 is 0 Å². The van der Waals surface area contributed by atoms with Crippen LogP contribution in [0.25, 0.3) is 5.65 Å². The van der Waals surface area contributed by atoms with Crippen molar-refractivity contribution in [2.45, 2.75) is 33.6 Å². The zero-order valence-corrected chi connectivity index (χ0v) is 13.5. The molecule has 118 valence electrons. The van der Waals surface area contributed by atoms with Crippen molar-refractivity contribution in [2.24, 2.45) is 0 Å². The fourth-order valence-corrected chi connectivity index (χ4v) is 2.35. The highest BCUT2D eigenvalue weighted by molar-refractivity contribution is 6.04. The van der Waals surface area contributed by atoms with E-state index < -0.39 is 0 Å². The Bertz CT molecular complexity index is 883. The molecule has 0 bridgehead atoms. The number of nitrogens with one attached hydrogen (secondary N) is 1. The smallest absolute Gasteiger partial charge is 0.261 e. The predicted octanol–water partition coefficient (Wildman–Crippen LogP) is 2.51. The van der Waals surface area contributed by atoms with Gasteiger partial charge in [-0.1, -0.05) is 13.8 Å². The minimum Gasteiger partial charge on any atom is -0.290 e. The molecule has 7 nitrogen and oxygen atoms in total. The highest BCUT2D eigenvalue weighted by atomic mass is 16.1. The highest BCUT2D eigenvalue weighted by Gasteiger charge is 2.18. The number of carbonyl (C=O) groups excluding carboxylic acids is 1. The molecule has 1 amide bonds. The monoisotopic (exact) mass is 310 g/mol. The molecular weight excluding hydrogens is 292 g/mol. The summed E-state index contributed by atoms with van der Waals surface area (Å²) >= 11 is 0. The highest BCUT2D eigenvalue weighted by Crippen LogP contribution is 2.18. The maximum Gasteiger partial charge on any atom is 0.261 e. The zero-order chi connectivity index (χ0) is 16.6. The van der Waals surface area contributed by atoms with Gasteiger partial charge in [0.1, 0.15) is 5.82 Å². The van der Waals surface area contributed by atoms with E-state index in [1.54, 1.807) is 10.6 Å². The molecule has 0 aliphatic carbocycles. The van der Waals surface area contributed by atoms with Gasteiger partial charge in [0.15, 0.2) is 5.65 Å². The molecule has 0 aliphatic heterocycles. The maximum atomic E-state index is 12.6. The number of nitrogens with zero attached hydrogens (tertiary/aromatic N) is 5. The van der Waals surface area contributed by atoms with Crippen molar-refractivity contribution in [1.82, 2.24) is 24.6 Å². The SMILES string of the molecule is Cc1ccn2c(NC(=O)c3cnc(C)nc3C(C)C)nnc2c1. The first kappa shape index (κ1) is 15.1. The molecule has 3 rings (SSSR count). The molecule has 1 N–H and O–H groups in total. The minimum atomic E-state index is -0.288. The molecule has 7 heteroatoms. The van der Waals surface area contributed by atoms with Gasteiger partial charge in [-0.15, -0.1) is 10.2 Å². The van der Waals surface area contributed by atoms with E-state index in [9.17, 15) is 4.79 Å². The lowest BCUT2D eigenvalue weighted by Crippen LogP contribution is -2.18. The summed E-state index contributed by atoms with van der Waals surface area (Å²) in [7, 11) is 0. The molecule has 0 aliphatic rings. The molecule has 3 aromatic heterocycles. The van der Waals surface area contributed by atoms with E-state index in [2.05, 4.69) is 25.5 Å². The second-order valence-electron chi connectivity index (χ2n) is 5.78. The maximum absolute atomic E-state index is 12.6. The summed E-state index contributed by atoms with van der Waals surface area (Å²) in [5.74, 6) is 0.854. The van der Waals surface area contributed by atoms with Gasteiger partial charge < -0.3 is 0 Å². The third-order valence-electron chi connectivity index (χ3n) is 3.52. The van der Waals surface area contributed by atoms with Gasteiger partial charge in [0, 0.05) is 12.4 Å². The molecule has 0 saturated heterocycles. The quantitative estimate of drug-likeness (QED) is 0.803. The van der Waals surface area contributed by atoms with Crippen molar-refractivity contribution in [3.05, 3.63) is 47.2 Å². The van der Waals surface area contributed by atoms with Crippen LogP contribution in [-0.2, 0) is 0 Å². The van der Waals surface area contributed by atoms with Crippen LogP contribution in [0.5, 0.6) is 0 Å². The minimum absolute atomic E-state index is 0.121. The lowest BCUT2D eigenvalue weighted by molar-refractivity contribution is 0.102. The summed E-state index contributed by atoms with van der Waals surface area (Å²) < 4.78 is 1.73. The Morgan fingerprint density at radius 2 is 2.04 bits per heavy atom. The van der Waals surface area contributed by atoms with E-state index in [0.29, 0.717) is 23.0 Å². The second kappa shape index (κ2) is 5.75. The van der Waals surface area contributed by atoms with Crippen molar-refractivity contribution in [1.29, 1.82) is 0 Å². The van der Waals surface area contributed by atoms with Crippen LogP contribution in [0.4, 0.5) is 5.95 Å². The number of pyridine rings is 1. The van der Waals surface area contributed by atoms with Crippen LogP contribution in [0, 0.1) is 13.8 Å². The second-order valence-corrected chi connectivity index (χ2v) is 5.78. The van der Waals surface area contributed by atoms with Crippen LogP contribution in [0.15, 0.2) is 24.5 Å². The van der Waals surface area contributed by atoms with Gasteiger partial charge in [-0.2, -0.15) is 0 Å². The summed E-state index contributed by atoms with van der Waals surface area (Å²) in [6.07, 6.45) is 3.38. The van der Waals surface area contributed by atoms with Gasteiger partial charge in [-0.05, 0) is 37.5 Å². The standard InChI is InChI=1S/C16H18N6O/c1-9(2)14-12(8-17-11(4)18-14)15(23)19-16-21-20-13-7-10(3)5-6-22(13)16/h5-9H,1-4H3,(H,19,21,23). The number of carbonyl (C=O) groups is 1. The average molecular weight is 310 g/mol. The van der Waals surface area contributed by atoms with E-state index in [1.807, 2.05) is 46.0 Å². The molecule has 0 radical (unpaired) electrons. The number of hydrogen-bond acceptors (Lipinski definition) is 5. The van der Waals surface area contributed by atoms with E-state index >= 15 is 0 Å². The van der Waals surface area contributed by atoms with Crippen molar-refractivity contribution in [3.8, 4) is 0 Å². The molecule has 0 fully saturated rings. The Hall–Kier alpha value is -2.83. The number of amides is 1. The molecule has 0 spiro atoms. The Morgan fingerprint density at radius 3 is 2.78 bits per heavy atom. The lowest BCUT2D eigenvalue weighted by atomic mass is 10.0. The van der Waals surface area contributed by atoms with Crippen LogP contribution in [0.1, 0.15) is 47.2 Å². The fraction of sp³-hybridized carbons (Fsp3) is 0.312. The number of rotatable bonds is 3. The van der Waals surface area contributed by atoms with Gasteiger partial charge in [-0.3, -0.25) is 14.5 Å². The topological polar surface area (TPSA) is 85.1 Å². The average Bonchev–Trinajstić information content (AvgIpc) is 2.89. The van der Waals surface area contributed by atoms with E-state index in [4.69, 9.17) is 0 Å². The molecular formula is C16H18N6O. The molecule has 0 unspecified atom stereocenters. The molecule has 3 aromatic rings. The third-order valence-corrected chi connectivity index (χ3v) is 3.52. The Balaban J connectivity index is 1.95. The molecule has 0 aromatic carbocycles. The summed E-state index contributed by atoms with van der Waals surface area (Å²) in [4.78, 5) is 21.1. The van der Waals surface area contributed by atoms with Crippen molar-refractivity contribution in [2.75, 3.05) is 5.32 Å². The fourth-order valence-electron chi connectivity index (χ4n) is 2.35. The van der Waals surface area contributed by atoms with Crippen molar-refractivity contribution in [3.63, 3.8) is 0 Å². The Morgan fingerprint density at radius 1 is 1.26 bits per heavy atom. The Labute approximate surface area is 133 Å². The summed E-state index contributed by atoms with van der Waals surface area (Å²) in [6.45, 7) is 7.77. The first-order valence-electron chi connectivity index (χ1n) is 7.42. The number of aromatic nitrogens is 5. The van der Waals surface area contributed by atoms with E-state index in [-0.39, 0.29) is 11.8 Å². The van der Waals surface area contributed by atoms with E-state index in [1.165, 1.54) is 0 Å². The van der Waals surface area contributed by atoms with Gasteiger partial charge in [0.05, 0.1) is 11.3 Å². The Kier molecular flexibility index (Phi) is 3.77. The zero-order valence-electron chi connectivity index (χ0n) is 13.5. The molecule has 0 saturated carbocycles. The lowest BCUT2D eigenvalue weighted by Gasteiger charge is -2.11. The molecule has 3 heterocycles. The van der Waals surface area contributed by atoms with Crippen molar-refractivity contribution >= 4 is 17.5 Å². The molecule has 23 heavy (non-hydrogen) atoms. The number of aryl methyl sites for hydroxylation is 2. The number of hydrogen-bond donors (Lipinski definition) is 1. The van der Waals surface area contributed by atoms with Crippen LogP contribution in [0.3, 0.4) is 0 Å². The largest absolute Gasteiger partial charge is 0.290 e. The van der Waals surface area contributed by atoms with Gasteiger partial charge in [-0.25, -0.2) is 9.97 Å². The van der Waals surface area contributed by atoms with Gasteiger partial charge >= 0.3 is 0 Å². The van der Waals surface area contributed by atoms with Crippen LogP contribution in [0.2, 0.25) is 0 Å².